The normalized spacial score (nSPS) is 14.7. The molecular weight excluding hydrogens is 683 g/mol. The van der Waals surface area contributed by atoms with Crippen molar-refractivity contribution in [3.63, 3.8) is 0 Å². The maximum Gasteiger partial charge on any atom is 0.164 e. The third kappa shape index (κ3) is 4.07. The molecule has 12 rings (SSSR count). The average molecular weight is 720 g/mol. The lowest BCUT2D eigenvalue weighted by Crippen LogP contribution is -2.26. The predicted molar refractivity (Wildman–Crippen MR) is 229 cm³/mol. The van der Waals surface area contributed by atoms with Crippen LogP contribution in [-0.4, -0.2) is 24.1 Å². The Morgan fingerprint density at radius 3 is 1.25 bits per heavy atom. The van der Waals surface area contributed by atoms with Gasteiger partial charge in [0.2, 0.25) is 0 Å². The molecule has 2 aliphatic heterocycles. The topological polar surface area (TPSA) is 48.5 Å². The van der Waals surface area contributed by atoms with Gasteiger partial charge in [0.1, 0.15) is 0 Å². The molecular formula is C51H37N5. The van der Waals surface area contributed by atoms with Crippen molar-refractivity contribution in [1.82, 2.24) is 24.1 Å². The highest BCUT2D eigenvalue weighted by molar-refractivity contribution is 6.12. The van der Waals surface area contributed by atoms with Crippen LogP contribution in [0.2, 0.25) is 0 Å². The number of rotatable bonds is 3. The van der Waals surface area contributed by atoms with Gasteiger partial charge in [0.15, 0.2) is 17.5 Å². The van der Waals surface area contributed by atoms with E-state index < -0.39 is 0 Å². The molecule has 0 atom stereocenters. The molecule has 56 heavy (non-hydrogen) atoms. The molecule has 5 heterocycles. The Balaban J connectivity index is 1.10. The molecule has 10 aromatic rings. The Bertz CT molecular complexity index is 3110. The minimum atomic E-state index is -0.194. The van der Waals surface area contributed by atoms with Crippen LogP contribution in [0.25, 0.3) is 89.2 Å². The number of hydrogen-bond donors (Lipinski definition) is 0. The maximum atomic E-state index is 5.32. The molecule has 3 aromatic heterocycles. The minimum Gasteiger partial charge on any atom is -0.309 e. The number of aromatic nitrogens is 5. The van der Waals surface area contributed by atoms with Crippen molar-refractivity contribution in [2.75, 3.05) is 0 Å². The third-order valence-corrected chi connectivity index (χ3v) is 12.7. The smallest absolute Gasteiger partial charge is 0.164 e. The molecule has 0 bridgehead atoms. The second-order valence-electron chi connectivity index (χ2n) is 16.5. The van der Waals surface area contributed by atoms with Crippen molar-refractivity contribution in [3.8, 4) is 45.5 Å². The maximum absolute atomic E-state index is 5.32. The van der Waals surface area contributed by atoms with Crippen molar-refractivity contribution in [1.29, 1.82) is 0 Å². The van der Waals surface area contributed by atoms with Gasteiger partial charge in [-0.05, 0) is 46.5 Å². The number of hydrogen-bond acceptors (Lipinski definition) is 3. The van der Waals surface area contributed by atoms with Crippen molar-refractivity contribution >= 4 is 43.6 Å². The molecule has 0 saturated carbocycles. The van der Waals surface area contributed by atoms with Crippen molar-refractivity contribution < 1.29 is 0 Å². The molecule has 0 unspecified atom stereocenters. The first-order chi connectivity index (χ1) is 27.3. The summed E-state index contributed by atoms with van der Waals surface area (Å²) < 4.78 is 4.91. The lowest BCUT2D eigenvalue weighted by Gasteiger charge is -2.35. The molecule has 0 aliphatic carbocycles. The number of benzene rings is 7. The summed E-state index contributed by atoms with van der Waals surface area (Å²) in [5.74, 6) is 1.96. The van der Waals surface area contributed by atoms with Gasteiger partial charge in [-0.15, -0.1) is 0 Å². The summed E-state index contributed by atoms with van der Waals surface area (Å²) in [6.07, 6.45) is 0. The average Bonchev–Trinajstić information content (AvgIpc) is 3.76. The zero-order chi connectivity index (χ0) is 37.5. The van der Waals surface area contributed by atoms with Gasteiger partial charge >= 0.3 is 0 Å². The van der Waals surface area contributed by atoms with E-state index in [0.717, 1.165) is 16.7 Å². The highest BCUT2D eigenvalue weighted by Crippen LogP contribution is 2.50. The van der Waals surface area contributed by atoms with Crippen LogP contribution in [0.15, 0.2) is 152 Å². The van der Waals surface area contributed by atoms with Crippen LogP contribution in [0.5, 0.6) is 0 Å². The molecule has 5 heteroatoms. The molecule has 2 aliphatic rings. The number of para-hydroxylation sites is 4. The Morgan fingerprint density at radius 2 is 0.768 bits per heavy atom. The molecule has 0 radical (unpaired) electrons. The van der Waals surface area contributed by atoms with Crippen LogP contribution in [0.4, 0.5) is 0 Å². The summed E-state index contributed by atoms with van der Waals surface area (Å²) in [6, 6.07) is 54.8. The molecule has 0 N–H and O–H groups in total. The van der Waals surface area contributed by atoms with Crippen molar-refractivity contribution in [2.24, 2.45) is 0 Å². The Morgan fingerprint density at radius 1 is 0.357 bits per heavy atom. The standard InChI is InChI=1S/C51H37N5/c1-50(2)37-26-24-31(28-43(37)55-41-22-10-8-16-33(41)35-18-12-20-39(50)45(35)55)48-52-47(30-14-6-5-7-15-30)53-49(54-48)32-25-27-38-44(29-32)56-42-23-11-9-17-34(42)36-19-13-21-40(46(36)56)51(38,3)4/h5-29H,1-4H3. The number of nitrogens with zero attached hydrogens (tertiary/aromatic N) is 5. The highest BCUT2D eigenvalue weighted by atomic mass is 15.0. The van der Waals surface area contributed by atoms with E-state index in [2.05, 4.69) is 170 Å². The van der Waals surface area contributed by atoms with Gasteiger partial charge in [-0.1, -0.05) is 155 Å². The zero-order valence-corrected chi connectivity index (χ0v) is 31.7. The van der Waals surface area contributed by atoms with Crippen molar-refractivity contribution in [2.45, 2.75) is 38.5 Å². The first-order valence-corrected chi connectivity index (χ1v) is 19.5. The molecule has 7 aromatic carbocycles. The molecule has 266 valence electrons. The Hall–Kier alpha value is -6.85. The molecule has 0 saturated heterocycles. The lowest BCUT2D eigenvalue weighted by atomic mass is 9.74. The lowest BCUT2D eigenvalue weighted by molar-refractivity contribution is 0.630. The first-order valence-electron chi connectivity index (χ1n) is 19.5. The van der Waals surface area contributed by atoms with Gasteiger partial charge in [-0.2, -0.15) is 0 Å². The summed E-state index contributed by atoms with van der Waals surface area (Å²) in [5, 5.41) is 5.08. The second-order valence-corrected chi connectivity index (χ2v) is 16.5. The minimum absolute atomic E-state index is 0.194. The van der Waals surface area contributed by atoms with E-state index >= 15 is 0 Å². The first kappa shape index (κ1) is 31.5. The predicted octanol–water partition coefficient (Wildman–Crippen LogP) is 12.3. The molecule has 0 fully saturated rings. The zero-order valence-electron chi connectivity index (χ0n) is 31.7. The third-order valence-electron chi connectivity index (χ3n) is 12.7. The van der Waals surface area contributed by atoms with Gasteiger partial charge in [0, 0.05) is 49.1 Å². The summed E-state index contributed by atoms with van der Waals surface area (Å²) in [4.78, 5) is 15.7. The largest absolute Gasteiger partial charge is 0.309 e. The van der Waals surface area contributed by atoms with Crippen molar-refractivity contribution in [3.05, 3.63) is 174 Å². The van der Waals surface area contributed by atoms with E-state index in [1.54, 1.807) is 0 Å². The van der Waals surface area contributed by atoms with E-state index in [-0.39, 0.29) is 10.8 Å². The molecule has 5 nitrogen and oxygen atoms in total. The van der Waals surface area contributed by atoms with Gasteiger partial charge < -0.3 is 9.13 Å². The van der Waals surface area contributed by atoms with Gasteiger partial charge in [-0.3, -0.25) is 0 Å². The monoisotopic (exact) mass is 719 g/mol. The fourth-order valence-electron chi connectivity index (χ4n) is 9.96. The van der Waals surface area contributed by atoms with E-state index in [9.17, 15) is 0 Å². The molecule has 0 spiro atoms. The summed E-state index contributed by atoms with van der Waals surface area (Å²) >= 11 is 0. The molecule has 0 amide bonds. The highest BCUT2D eigenvalue weighted by Gasteiger charge is 2.37. The van der Waals surface area contributed by atoms with Gasteiger partial charge in [0.05, 0.1) is 33.4 Å². The van der Waals surface area contributed by atoms with Gasteiger partial charge in [-0.25, -0.2) is 15.0 Å². The fourth-order valence-corrected chi connectivity index (χ4v) is 9.96. The Labute approximate surface area is 324 Å². The van der Waals surface area contributed by atoms with Crippen LogP contribution in [-0.2, 0) is 10.8 Å². The second kappa shape index (κ2) is 10.9. The fraction of sp³-hybridized carbons (Fsp3) is 0.118. The van der Waals surface area contributed by atoms with E-state index in [1.165, 1.54) is 77.2 Å². The van der Waals surface area contributed by atoms with Gasteiger partial charge in [0.25, 0.3) is 0 Å². The van der Waals surface area contributed by atoms with Crippen LogP contribution < -0.4 is 0 Å². The summed E-state index contributed by atoms with van der Waals surface area (Å²) in [6.45, 7) is 9.36. The summed E-state index contributed by atoms with van der Waals surface area (Å²) in [7, 11) is 0. The SMILES string of the molecule is CC1(C)c2ccc(-c3nc(-c4ccccc4)nc(-c4ccc5c(c4)-n4c6ccccc6c6cccc(c64)C5(C)C)n3)cc2-n2c3ccccc3c3cccc1c32. The quantitative estimate of drug-likeness (QED) is 0.183. The van der Waals surface area contributed by atoms with E-state index in [1.807, 2.05) is 18.2 Å². The van der Waals surface area contributed by atoms with Crippen LogP contribution >= 0.6 is 0 Å². The van der Waals surface area contributed by atoms with Crippen LogP contribution in [0.1, 0.15) is 49.9 Å². The number of fused-ring (bicyclic) bond motifs is 10. The Kier molecular flexibility index (Phi) is 6.12. The van der Waals surface area contributed by atoms with Crippen LogP contribution in [0, 0.1) is 0 Å². The summed E-state index contributed by atoms with van der Waals surface area (Å²) in [5.41, 5.74) is 15.0. The van der Waals surface area contributed by atoms with E-state index in [4.69, 9.17) is 15.0 Å². The van der Waals surface area contributed by atoms with E-state index in [0.29, 0.717) is 17.5 Å². The van der Waals surface area contributed by atoms with Crippen LogP contribution in [0.3, 0.4) is 0 Å².